The highest BCUT2D eigenvalue weighted by Crippen LogP contribution is 2.16. The molecule has 78 valence electrons. The lowest BCUT2D eigenvalue weighted by atomic mass is 10.1. The van der Waals surface area contributed by atoms with Gasteiger partial charge in [0, 0.05) is 6.61 Å². The zero-order chi connectivity index (χ0) is 9.97. The van der Waals surface area contributed by atoms with Crippen molar-refractivity contribution in [3.63, 3.8) is 0 Å². The third kappa shape index (κ3) is 1.90. The van der Waals surface area contributed by atoms with Gasteiger partial charge in [-0.25, -0.2) is 0 Å². The van der Waals surface area contributed by atoms with Gasteiger partial charge < -0.3 is 10.5 Å². The topological polar surface area (TPSA) is 53.1 Å². The first-order valence-corrected chi connectivity index (χ1v) is 5.17. The second kappa shape index (κ2) is 4.00. The molecule has 0 aromatic carbocycles. The zero-order valence-electron chi connectivity index (χ0n) is 8.57. The molecular weight excluding hydrogens is 178 g/mol. The highest BCUT2D eigenvalue weighted by atomic mass is 16.5. The number of anilines is 1. The minimum absolute atomic E-state index is 0.321. The van der Waals surface area contributed by atoms with Crippen molar-refractivity contribution in [3.05, 3.63) is 11.9 Å². The first-order valence-electron chi connectivity index (χ1n) is 5.17. The van der Waals surface area contributed by atoms with Gasteiger partial charge in [-0.1, -0.05) is 0 Å². The molecule has 1 aliphatic rings. The van der Waals surface area contributed by atoms with E-state index in [9.17, 15) is 0 Å². The summed E-state index contributed by atoms with van der Waals surface area (Å²) in [7, 11) is 0. The lowest BCUT2D eigenvalue weighted by Gasteiger charge is -2.22. The lowest BCUT2D eigenvalue weighted by Crippen LogP contribution is -2.25. The molecular formula is C10H17N3O. The molecule has 1 atom stereocenters. The van der Waals surface area contributed by atoms with Crippen LogP contribution in [-0.2, 0) is 11.3 Å². The van der Waals surface area contributed by atoms with Crippen molar-refractivity contribution in [3.8, 4) is 0 Å². The average molecular weight is 195 g/mol. The van der Waals surface area contributed by atoms with E-state index in [1.54, 1.807) is 6.20 Å². The predicted molar refractivity (Wildman–Crippen MR) is 55.0 cm³/mol. The summed E-state index contributed by atoms with van der Waals surface area (Å²) in [6, 6.07) is 0. The van der Waals surface area contributed by atoms with Crippen LogP contribution in [0.5, 0.6) is 0 Å². The summed E-state index contributed by atoms with van der Waals surface area (Å²) in [5.41, 5.74) is 7.53. The Kier molecular flexibility index (Phi) is 2.72. The van der Waals surface area contributed by atoms with Crippen LogP contribution in [0.3, 0.4) is 0 Å². The molecule has 14 heavy (non-hydrogen) atoms. The molecule has 1 aliphatic heterocycles. The first kappa shape index (κ1) is 9.52. The van der Waals surface area contributed by atoms with Gasteiger partial charge in [-0.05, 0) is 26.2 Å². The van der Waals surface area contributed by atoms with Gasteiger partial charge in [0.2, 0.25) is 0 Å². The largest absolute Gasteiger partial charge is 0.396 e. The smallest absolute Gasteiger partial charge is 0.0771 e. The summed E-state index contributed by atoms with van der Waals surface area (Å²) in [5.74, 6) is 0. The lowest BCUT2D eigenvalue weighted by molar-refractivity contribution is 0.00367. The first-order chi connectivity index (χ1) is 6.77. The summed E-state index contributed by atoms with van der Waals surface area (Å²) in [6.07, 6.45) is 5.62. The van der Waals surface area contributed by atoms with Crippen molar-refractivity contribution in [2.45, 2.75) is 38.8 Å². The number of hydrogen-bond donors (Lipinski definition) is 1. The molecule has 0 bridgehead atoms. The van der Waals surface area contributed by atoms with Gasteiger partial charge in [-0.2, -0.15) is 5.10 Å². The van der Waals surface area contributed by atoms with Crippen molar-refractivity contribution in [1.82, 2.24) is 9.78 Å². The molecule has 0 spiro atoms. The van der Waals surface area contributed by atoms with Gasteiger partial charge >= 0.3 is 0 Å². The number of hydrogen-bond acceptors (Lipinski definition) is 3. The van der Waals surface area contributed by atoms with Crippen LogP contribution >= 0.6 is 0 Å². The molecule has 1 aromatic rings. The number of nitrogens with zero attached hydrogens (tertiary/aromatic N) is 2. The van der Waals surface area contributed by atoms with E-state index in [0.717, 1.165) is 31.0 Å². The number of rotatable bonds is 2. The van der Waals surface area contributed by atoms with E-state index in [4.69, 9.17) is 10.5 Å². The van der Waals surface area contributed by atoms with E-state index < -0.39 is 0 Å². The van der Waals surface area contributed by atoms with Crippen molar-refractivity contribution < 1.29 is 4.74 Å². The quantitative estimate of drug-likeness (QED) is 0.774. The molecule has 0 aliphatic carbocycles. The van der Waals surface area contributed by atoms with Crippen molar-refractivity contribution in [2.24, 2.45) is 0 Å². The molecule has 0 saturated carbocycles. The summed E-state index contributed by atoms with van der Waals surface area (Å²) >= 11 is 0. The Labute approximate surface area is 84.0 Å². The van der Waals surface area contributed by atoms with E-state index in [-0.39, 0.29) is 0 Å². The molecule has 0 amide bonds. The maximum Gasteiger partial charge on any atom is 0.0771 e. The third-order valence-corrected chi connectivity index (χ3v) is 2.79. The third-order valence-electron chi connectivity index (χ3n) is 2.79. The zero-order valence-corrected chi connectivity index (χ0v) is 8.57. The van der Waals surface area contributed by atoms with Crippen LogP contribution in [0.4, 0.5) is 5.69 Å². The SMILES string of the molecule is Cc1c(N)cnn1CC1CCCCO1. The van der Waals surface area contributed by atoms with Crippen LogP contribution in [0.25, 0.3) is 0 Å². The summed E-state index contributed by atoms with van der Waals surface area (Å²) in [4.78, 5) is 0. The molecule has 4 heteroatoms. The number of ether oxygens (including phenoxy) is 1. The molecule has 4 nitrogen and oxygen atoms in total. The molecule has 1 fully saturated rings. The van der Waals surface area contributed by atoms with Gasteiger partial charge in [-0.3, -0.25) is 4.68 Å². The molecule has 1 aromatic heterocycles. The van der Waals surface area contributed by atoms with Crippen LogP contribution in [0.2, 0.25) is 0 Å². The average Bonchev–Trinajstić information content (AvgIpc) is 2.52. The summed E-state index contributed by atoms with van der Waals surface area (Å²) in [5, 5.41) is 4.22. The molecule has 0 radical (unpaired) electrons. The van der Waals surface area contributed by atoms with Crippen LogP contribution in [0.15, 0.2) is 6.20 Å². The fourth-order valence-corrected chi connectivity index (χ4v) is 1.79. The number of nitrogens with two attached hydrogens (primary N) is 1. The molecule has 2 heterocycles. The Morgan fingerprint density at radius 1 is 1.64 bits per heavy atom. The predicted octanol–water partition coefficient (Wildman–Crippen LogP) is 1.34. The fourth-order valence-electron chi connectivity index (χ4n) is 1.79. The van der Waals surface area contributed by atoms with E-state index in [1.807, 2.05) is 11.6 Å². The highest BCUT2D eigenvalue weighted by Gasteiger charge is 2.15. The Morgan fingerprint density at radius 3 is 3.07 bits per heavy atom. The maximum absolute atomic E-state index is 5.72. The molecule has 2 rings (SSSR count). The van der Waals surface area contributed by atoms with Gasteiger partial charge in [0.15, 0.2) is 0 Å². The van der Waals surface area contributed by atoms with Crippen molar-refractivity contribution in [1.29, 1.82) is 0 Å². The van der Waals surface area contributed by atoms with Gasteiger partial charge in [0.25, 0.3) is 0 Å². The van der Waals surface area contributed by atoms with E-state index in [1.165, 1.54) is 12.8 Å². The molecule has 1 saturated heterocycles. The monoisotopic (exact) mass is 195 g/mol. The summed E-state index contributed by atoms with van der Waals surface area (Å²) in [6.45, 7) is 3.72. The maximum atomic E-state index is 5.72. The van der Waals surface area contributed by atoms with E-state index >= 15 is 0 Å². The minimum Gasteiger partial charge on any atom is -0.396 e. The van der Waals surface area contributed by atoms with Gasteiger partial charge in [0.05, 0.1) is 30.2 Å². The number of aromatic nitrogens is 2. The Morgan fingerprint density at radius 2 is 2.50 bits per heavy atom. The van der Waals surface area contributed by atoms with Gasteiger partial charge in [0.1, 0.15) is 0 Å². The number of nitrogen functional groups attached to an aromatic ring is 1. The second-order valence-corrected chi connectivity index (χ2v) is 3.86. The van der Waals surface area contributed by atoms with Crippen LogP contribution in [0, 0.1) is 6.92 Å². The fraction of sp³-hybridized carbons (Fsp3) is 0.700. The standard InChI is InChI=1S/C10H17N3O/c1-8-10(11)6-12-13(8)7-9-4-2-3-5-14-9/h6,9H,2-5,7,11H2,1H3. The van der Waals surface area contributed by atoms with Crippen molar-refractivity contribution in [2.75, 3.05) is 12.3 Å². The second-order valence-electron chi connectivity index (χ2n) is 3.86. The van der Waals surface area contributed by atoms with Crippen molar-refractivity contribution >= 4 is 5.69 Å². The van der Waals surface area contributed by atoms with Crippen LogP contribution in [0.1, 0.15) is 25.0 Å². The van der Waals surface area contributed by atoms with E-state index in [0.29, 0.717) is 6.10 Å². The Hall–Kier alpha value is -1.03. The van der Waals surface area contributed by atoms with Gasteiger partial charge in [-0.15, -0.1) is 0 Å². The Bertz CT molecular complexity index is 302. The van der Waals surface area contributed by atoms with E-state index in [2.05, 4.69) is 5.10 Å². The summed E-state index contributed by atoms with van der Waals surface area (Å²) < 4.78 is 7.58. The Balaban J connectivity index is 1.99. The minimum atomic E-state index is 0.321. The normalized spacial score (nSPS) is 22.5. The highest BCUT2D eigenvalue weighted by molar-refractivity contribution is 5.39. The van der Waals surface area contributed by atoms with Crippen LogP contribution < -0.4 is 5.73 Å². The van der Waals surface area contributed by atoms with Crippen LogP contribution in [-0.4, -0.2) is 22.5 Å². The molecule has 1 unspecified atom stereocenters. The molecule has 2 N–H and O–H groups in total.